The lowest BCUT2D eigenvalue weighted by molar-refractivity contribution is -0.130. The standard InChI is InChI=1S/C25H35N7O3/c1-14(2)29-23-19(11-26)18(24(34)28-13-20-15(3)9-16(4)30-25(20)35)10-21(31-23)17-5-7-32(8-6-17)22(33)12-27/h9-11,14,17,26H,5-8,12-13,27H2,1-4H3,(H,28,34)(H,29,31)(H,30,35). The summed E-state index contributed by atoms with van der Waals surface area (Å²) in [6, 6.07) is 3.65. The van der Waals surface area contributed by atoms with Gasteiger partial charge in [-0.3, -0.25) is 14.4 Å². The molecule has 0 unspecified atom stereocenters. The van der Waals surface area contributed by atoms with E-state index in [1.165, 1.54) is 0 Å². The zero-order chi connectivity index (χ0) is 25.7. The number of nitrogens with one attached hydrogen (secondary N) is 4. The zero-order valence-corrected chi connectivity index (χ0v) is 20.8. The number of nitrogens with zero attached hydrogens (tertiary/aromatic N) is 2. The van der Waals surface area contributed by atoms with Crippen LogP contribution in [-0.4, -0.2) is 58.6 Å². The van der Waals surface area contributed by atoms with Gasteiger partial charge in [0.1, 0.15) is 5.82 Å². The Bertz CT molecular complexity index is 1160. The van der Waals surface area contributed by atoms with Crippen LogP contribution in [0.3, 0.4) is 0 Å². The summed E-state index contributed by atoms with van der Waals surface area (Å²) in [7, 11) is 0. The predicted molar refractivity (Wildman–Crippen MR) is 136 cm³/mol. The summed E-state index contributed by atoms with van der Waals surface area (Å²) < 4.78 is 0. The highest BCUT2D eigenvalue weighted by Gasteiger charge is 2.27. The predicted octanol–water partition coefficient (Wildman–Crippen LogP) is 1.80. The van der Waals surface area contributed by atoms with Gasteiger partial charge >= 0.3 is 0 Å². The lowest BCUT2D eigenvalue weighted by atomic mass is 9.91. The van der Waals surface area contributed by atoms with Crippen molar-refractivity contribution in [2.45, 2.75) is 59.0 Å². The molecule has 0 atom stereocenters. The topological polar surface area (TPSA) is 157 Å². The highest BCUT2D eigenvalue weighted by atomic mass is 16.2. The second kappa shape index (κ2) is 11.3. The normalized spacial score (nSPS) is 14.2. The van der Waals surface area contributed by atoms with Crippen LogP contribution in [-0.2, 0) is 11.3 Å². The van der Waals surface area contributed by atoms with E-state index >= 15 is 0 Å². The fraction of sp³-hybridized carbons (Fsp3) is 0.480. The van der Waals surface area contributed by atoms with Gasteiger partial charge in [-0.05, 0) is 58.2 Å². The van der Waals surface area contributed by atoms with Gasteiger partial charge < -0.3 is 31.7 Å². The van der Waals surface area contributed by atoms with Crippen molar-refractivity contribution in [3.05, 3.63) is 56.1 Å². The number of hydrogen-bond acceptors (Lipinski definition) is 7. The Balaban J connectivity index is 1.90. The number of likely N-dealkylation sites (tertiary alicyclic amines) is 1. The van der Waals surface area contributed by atoms with Crippen LogP contribution in [0, 0.1) is 19.3 Å². The number of amides is 2. The average Bonchev–Trinajstić information content (AvgIpc) is 2.82. The Morgan fingerprint density at radius 2 is 1.97 bits per heavy atom. The Hall–Kier alpha value is -3.53. The van der Waals surface area contributed by atoms with Gasteiger partial charge in [0.25, 0.3) is 11.5 Å². The van der Waals surface area contributed by atoms with E-state index in [0.717, 1.165) is 23.2 Å². The van der Waals surface area contributed by atoms with Crippen LogP contribution < -0.4 is 21.9 Å². The van der Waals surface area contributed by atoms with Crippen molar-refractivity contribution in [3.8, 4) is 0 Å². The first-order valence-electron chi connectivity index (χ1n) is 11.9. The Morgan fingerprint density at radius 1 is 1.29 bits per heavy atom. The summed E-state index contributed by atoms with van der Waals surface area (Å²) >= 11 is 0. The van der Waals surface area contributed by atoms with Crippen LogP contribution in [0.4, 0.5) is 5.82 Å². The van der Waals surface area contributed by atoms with Crippen LogP contribution in [0.25, 0.3) is 0 Å². The molecule has 0 saturated carbocycles. The van der Waals surface area contributed by atoms with Crippen LogP contribution in [0.5, 0.6) is 0 Å². The number of nitrogens with two attached hydrogens (primary N) is 1. The minimum atomic E-state index is -0.380. The van der Waals surface area contributed by atoms with Crippen molar-refractivity contribution < 1.29 is 9.59 Å². The van der Waals surface area contributed by atoms with Crippen molar-refractivity contribution in [2.24, 2.45) is 5.73 Å². The number of piperidine rings is 1. The molecule has 2 amide bonds. The Kier molecular flexibility index (Phi) is 8.39. The fourth-order valence-corrected chi connectivity index (χ4v) is 4.42. The van der Waals surface area contributed by atoms with Crippen LogP contribution in [0.1, 0.15) is 71.0 Å². The minimum absolute atomic E-state index is 0.00693. The highest BCUT2D eigenvalue weighted by Crippen LogP contribution is 2.30. The first-order chi connectivity index (χ1) is 16.6. The van der Waals surface area contributed by atoms with Gasteiger partial charge in [-0.15, -0.1) is 0 Å². The molecule has 2 aromatic heterocycles. The molecule has 0 aromatic carbocycles. The molecule has 6 N–H and O–H groups in total. The zero-order valence-electron chi connectivity index (χ0n) is 20.8. The second-order valence-electron chi connectivity index (χ2n) is 9.29. The smallest absolute Gasteiger partial charge is 0.253 e. The largest absolute Gasteiger partial charge is 0.367 e. The number of carbonyl (C=O) groups is 2. The van der Waals surface area contributed by atoms with E-state index in [1.54, 1.807) is 11.0 Å². The molecule has 3 rings (SSSR count). The van der Waals surface area contributed by atoms with Gasteiger partial charge in [0, 0.05) is 60.3 Å². The first-order valence-corrected chi connectivity index (χ1v) is 11.9. The maximum absolute atomic E-state index is 13.3. The van der Waals surface area contributed by atoms with E-state index in [1.807, 2.05) is 33.8 Å². The van der Waals surface area contributed by atoms with Crippen molar-refractivity contribution in [1.29, 1.82) is 5.41 Å². The SMILES string of the molecule is Cc1cc(C)c(CNC(=O)c2cc(C3CCN(C(=O)CN)CC3)nc(NC(C)C)c2C=N)c(=O)[nH]1. The van der Waals surface area contributed by atoms with Crippen LogP contribution in [0.15, 0.2) is 16.9 Å². The number of aromatic amines is 1. The maximum atomic E-state index is 13.3. The van der Waals surface area contributed by atoms with Crippen molar-refractivity contribution in [1.82, 2.24) is 20.2 Å². The number of hydrogen-bond donors (Lipinski definition) is 5. The monoisotopic (exact) mass is 481 g/mol. The number of aryl methyl sites for hydroxylation is 2. The third-order valence-corrected chi connectivity index (χ3v) is 6.25. The Morgan fingerprint density at radius 3 is 2.54 bits per heavy atom. The number of H-pyrrole nitrogens is 1. The number of carbonyl (C=O) groups excluding carboxylic acids is 2. The van der Waals surface area contributed by atoms with Gasteiger partial charge in [-0.1, -0.05) is 0 Å². The lowest BCUT2D eigenvalue weighted by Gasteiger charge is -2.32. The van der Waals surface area contributed by atoms with Crippen molar-refractivity contribution in [2.75, 3.05) is 25.0 Å². The number of anilines is 1. The molecule has 0 spiro atoms. The maximum Gasteiger partial charge on any atom is 0.253 e. The second-order valence-corrected chi connectivity index (χ2v) is 9.29. The molecule has 2 aromatic rings. The van der Waals surface area contributed by atoms with Crippen molar-refractivity contribution >= 4 is 23.8 Å². The van der Waals surface area contributed by atoms with Gasteiger partial charge in [-0.2, -0.15) is 0 Å². The molecule has 1 aliphatic rings. The molecule has 3 heterocycles. The molecule has 10 heteroatoms. The fourth-order valence-electron chi connectivity index (χ4n) is 4.42. The summed E-state index contributed by atoms with van der Waals surface area (Å²) in [5, 5.41) is 14.1. The molecule has 1 aliphatic heterocycles. The van der Waals surface area contributed by atoms with Gasteiger partial charge in [0.2, 0.25) is 5.91 Å². The molecular weight excluding hydrogens is 446 g/mol. The molecule has 35 heavy (non-hydrogen) atoms. The molecule has 1 fully saturated rings. The Labute approximate surface area is 205 Å². The van der Waals surface area contributed by atoms with E-state index < -0.39 is 0 Å². The minimum Gasteiger partial charge on any atom is -0.367 e. The molecule has 0 aliphatic carbocycles. The van der Waals surface area contributed by atoms with Crippen LogP contribution >= 0.6 is 0 Å². The third kappa shape index (κ3) is 6.13. The van der Waals surface area contributed by atoms with Crippen LogP contribution in [0.2, 0.25) is 0 Å². The van der Waals surface area contributed by atoms with E-state index in [2.05, 4.69) is 15.6 Å². The van der Waals surface area contributed by atoms with Crippen molar-refractivity contribution in [3.63, 3.8) is 0 Å². The third-order valence-electron chi connectivity index (χ3n) is 6.25. The summed E-state index contributed by atoms with van der Waals surface area (Å²) in [6.45, 7) is 8.80. The molecule has 10 nitrogen and oxygen atoms in total. The van der Waals surface area contributed by atoms with Gasteiger partial charge in [-0.25, -0.2) is 4.98 Å². The molecule has 188 valence electrons. The summed E-state index contributed by atoms with van der Waals surface area (Å²) in [5.74, 6) is 0.0915. The summed E-state index contributed by atoms with van der Waals surface area (Å²) in [6.07, 6.45) is 2.55. The number of aromatic nitrogens is 2. The average molecular weight is 482 g/mol. The molecular formula is C25H35N7O3. The lowest BCUT2D eigenvalue weighted by Crippen LogP contribution is -2.41. The number of rotatable bonds is 8. The molecule has 0 radical (unpaired) electrons. The highest BCUT2D eigenvalue weighted by molar-refractivity contribution is 6.04. The van der Waals surface area contributed by atoms with Gasteiger partial charge in [0.05, 0.1) is 12.1 Å². The first kappa shape index (κ1) is 26.1. The van der Waals surface area contributed by atoms with E-state index in [9.17, 15) is 14.4 Å². The van der Waals surface area contributed by atoms with E-state index in [0.29, 0.717) is 48.4 Å². The van der Waals surface area contributed by atoms with Gasteiger partial charge in [0.15, 0.2) is 0 Å². The summed E-state index contributed by atoms with van der Waals surface area (Å²) in [4.78, 5) is 46.9. The number of pyridine rings is 2. The van der Waals surface area contributed by atoms with E-state index in [4.69, 9.17) is 16.1 Å². The molecule has 0 bridgehead atoms. The van der Waals surface area contributed by atoms with E-state index in [-0.39, 0.29) is 42.4 Å². The molecule has 1 saturated heterocycles. The quantitative estimate of drug-likeness (QED) is 0.362. The summed E-state index contributed by atoms with van der Waals surface area (Å²) in [5.41, 5.74) is 8.79.